The number of alkyl halides is 2. The first-order valence-electron chi connectivity index (χ1n) is 5.92. The van der Waals surface area contributed by atoms with E-state index in [0.717, 1.165) is 0 Å². The molecule has 0 aliphatic heterocycles. The van der Waals surface area contributed by atoms with E-state index in [1.54, 1.807) is 4.68 Å². The van der Waals surface area contributed by atoms with Gasteiger partial charge in [-0.1, -0.05) is 20.8 Å². The Morgan fingerprint density at radius 3 is 2.65 bits per heavy atom. The molecule has 1 heterocycles. The molecule has 0 saturated heterocycles. The highest BCUT2D eigenvalue weighted by Crippen LogP contribution is 2.09. The van der Waals surface area contributed by atoms with E-state index < -0.39 is 12.5 Å². The molecule has 0 aliphatic rings. The molecule has 0 saturated carbocycles. The van der Waals surface area contributed by atoms with Gasteiger partial charge >= 0.3 is 0 Å². The molecule has 1 atom stereocenters. The molecular weight excluding hydrogens is 226 g/mol. The van der Waals surface area contributed by atoms with E-state index in [1.807, 2.05) is 6.92 Å². The molecule has 0 aromatic carbocycles. The Bertz CT molecular complexity index is 325. The van der Waals surface area contributed by atoms with Gasteiger partial charge in [0.25, 0.3) is 6.43 Å². The fourth-order valence-electron chi connectivity index (χ4n) is 1.65. The van der Waals surface area contributed by atoms with Crippen LogP contribution >= 0.6 is 0 Å². The van der Waals surface area contributed by atoms with Gasteiger partial charge < -0.3 is 5.32 Å². The zero-order valence-corrected chi connectivity index (χ0v) is 10.5. The van der Waals surface area contributed by atoms with Gasteiger partial charge in [0.05, 0.1) is 6.04 Å². The number of nitrogens with one attached hydrogen (secondary N) is 1. The number of nitrogens with zero attached hydrogens (tertiary/aromatic N) is 3. The second-order valence-electron chi connectivity index (χ2n) is 4.45. The fourth-order valence-corrected chi connectivity index (χ4v) is 1.65. The highest BCUT2D eigenvalue weighted by molar-refractivity contribution is 4.91. The van der Waals surface area contributed by atoms with Gasteiger partial charge in [-0.15, -0.1) is 0 Å². The molecule has 1 aromatic rings. The first-order valence-corrected chi connectivity index (χ1v) is 5.92. The van der Waals surface area contributed by atoms with Crippen molar-refractivity contribution in [1.82, 2.24) is 20.1 Å². The van der Waals surface area contributed by atoms with E-state index in [1.165, 1.54) is 6.33 Å². The molecule has 6 heteroatoms. The Morgan fingerprint density at radius 1 is 1.41 bits per heavy atom. The molecule has 17 heavy (non-hydrogen) atoms. The van der Waals surface area contributed by atoms with Crippen LogP contribution in [0.25, 0.3) is 0 Å². The molecule has 98 valence electrons. The summed E-state index contributed by atoms with van der Waals surface area (Å²) in [5, 5.41) is 6.83. The lowest BCUT2D eigenvalue weighted by atomic mass is 10.2. The molecule has 0 spiro atoms. The van der Waals surface area contributed by atoms with Crippen LogP contribution in [0.1, 0.15) is 26.6 Å². The van der Waals surface area contributed by atoms with Crippen LogP contribution in [0.4, 0.5) is 8.78 Å². The number of aromatic nitrogens is 3. The average molecular weight is 246 g/mol. The molecule has 1 rings (SSSR count). The summed E-state index contributed by atoms with van der Waals surface area (Å²) in [4.78, 5) is 4.05. The van der Waals surface area contributed by atoms with E-state index in [2.05, 4.69) is 29.2 Å². The van der Waals surface area contributed by atoms with Gasteiger partial charge in [0.2, 0.25) is 0 Å². The minimum atomic E-state index is -2.39. The Labute approximate surface area is 100 Å². The predicted molar refractivity (Wildman–Crippen MR) is 62.0 cm³/mol. The van der Waals surface area contributed by atoms with Crippen LogP contribution in [0.15, 0.2) is 6.33 Å². The van der Waals surface area contributed by atoms with Crippen LogP contribution in [-0.2, 0) is 13.0 Å². The van der Waals surface area contributed by atoms with Crippen LogP contribution in [-0.4, -0.2) is 33.8 Å². The van der Waals surface area contributed by atoms with E-state index in [9.17, 15) is 8.78 Å². The lowest BCUT2D eigenvalue weighted by molar-refractivity contribution is 0.0975. The van der Waals surface area contributed by atoms with Crippen LogP contribution in [0.2, 0.25) is 0 Å². The van der Waals surface area contributed by atoms with Crippen molar-refractivity contribution in [3.63, 3.8) is 0 Å². The monoisotopic (exact) mass is 246 g/mol. The maximum Gasteiger partial charge on any atom is 0.254 e. The first kappa shape index (κ1) is 14.0. The van der Waals surface area contributed by atoms with Gasteiger partial charge in [-0.2, -0.15) is 5.10 Å². The SMILES string of the molecule is CCNC(Cc1ncnn1CC(C)C)C(F)F. The third-order valence-corrected chi connectivity index (χ3v) is 2.41. The lowest BCUT2D eigenvalue weighted by Gasteiger charge is -2.17. The number of likely N-dealkylation sites (N-methyl/N-ethyl adjacent to an activating group) is 1. The Balaban J connectivity index is 2.68. The molecule has 1 unspecified atom stereocenters. The summed E-state index contributed by atoms with van der Waals surface area (Å²) in [6.07, 6.45) is -0.760. The van der Waals surface area contributed by atoms with Crippen molar-refractivity contribution in [2.75, 3.05) is 6.54 Å². The van der Waals surface area contributed by atoms with Crippen molar-refractivity contribution in [3.8, 4) is 0 Å². The first-order chi connectivity index (χ1) is 8.04. The van der Waals surface area contributed by atoms with Gasteiger partial charge in [-0.05, 0) is 12.5 Å². The van der Waals surface area contributed by atoms with Crippen LogP contribution < -0.4 is 5.32 Å². The maximum absolute atomic E-state index is 12.8. The smallest absolute Gasteiger partial charge is 0.254 e. The minimum Gasteiger partial charge on any atom is -0.309 e. The van der Waals surface area contributed by atoms with Gasteiger partial charge in [-0.3, -0.25) is 0 Å². The predicted octanol–water partition coefficient (Wildman–Crippen LogP) is 1.72. The van der Waals surface area contributed by atoms with E-state index >= 15 is 0 Å². The minimum absolute atomic E-state index is 0.207. The molecular formula is C11H20F2N4. The molecule has 1 N–H and O–H groups in total. The van der Waals surface area contributed by atoms with Crippen molar-refractivity contribution in [2.45, 2.75) is 46.2 Å². The van der Waals surface area contributed by atoms with E-state index in [4.69, 9.17) is 0 Å². The zero-order valence-electron chi connectivity index (χ0n) is 10.5. The normalized spacial score (nSPS) is 13.6. The largest absolute Gasteiger partial charge is 0.309 e. The van der Waals surface area contributed by atoms with Crippen molar-refractivity contribution in [3.05, 3.63) is 12.2 Å². The van der Waals surface area contributed by atoms with Crippen molar-refractivity contribution >= 4 is 0 Å². The lowest BCUT2D eigenvalue weighted by Crippen LogP contribution is -2.38. The number of rotatable bonds is 7. The maximum atomic E-state index is 12.8. The fraction of sp³-hybridized carbons (Fsp3) is 0.818. The molecule has 1 aromatic heterocycles. The Kier molecular flexibility index (Phi) is 5.47. The van der Waals surface area contributed by atoms with Gasteiger partial charge in [-0.25, -0.2) is 18.4 Å². The highest BCUT2D eigenvalue weighted by Gasteiger charge is 2.22. The molecule has 0 aliphatic carbocycles. The summed E-state index contributed by atoms with van der Waals surface area (Å²) in [6.45, 7) is 7.15. The topological polar surface area (TPSA) is 42.7 Å². The summed E-state index contributed by atoms with van der Waals surface area (Å²) in [5.74, 6) is 1.03. The average Bonchev–Trinajstić information content (AvgIpc) is 2.64. The van der Waals surface area contributed by atoms with Crippen LogP contribution in [0.5, 0.6) is 0 Å². The summed E-state index contributed by atoms with van der Waals surface area (Å²) in [5.41, 5.74) is 0. The zero-order chi connectivity index (χ0) is 12.8. The molecule has 0 amide bonds. The van der Waals surface area contributed by atoms with E-state index in [0.29, 0.717) is 24.8 Å². The Morgan fingerprint density at radius 2 is 2.12 bits per heavy atom. The third kappa shape index (κ3) is 4.38. The van der Waals surface area contributed by atoms with Crippen LogP contribution in [0.3, 0.4) is 0 Å². The summed E-state index contributed by atoms with van der Waals surface area (Å²) in [6, 6.07) is -0.852. The van der Waals surface area contributed by atoms with Gasteiger partial charge in [0.15, 0.2) is 0 Å². The second kappa shape index (κ2) is 6.64. The van der Waals surface area contributed by atoms with Crippen LogP contribution in [0, 0.1) is 5.92 Å². The molecule has 0 bridgehead atoms. The highest BCUT2D eigenvalue weighted by atomic mass is 19.3. The quantitative estimate of drug-likeness (QED) is 0.796. The van der Waals surface area contributed by atoms with Crippen molar-refractivity contribution in [2.24, 2.45) is 5.92 Å². The summed E-state index contributed by atoms with van der Waals surface area (Å²) >= 11 is 0. The molecule has 0 radical (unpaired) electrons. The Hall–Kier alpha value is -1.04. The number of halogens is 2. The van der Waals surface area contributed by atoms with Crippen molar-refractivity contribution < 1.29 is 8.78 Å². The van der Waals surface area contributed by atoms with Gasteiger partial charge in [0, 0.05) is 13.0 Å². The number of hydrogen-bond donors (Lipinski definition) is 1. The molecule has 4 nitrogen and oxygen atoms in total. The standard InChI is InChI=1S/C11H20F2N4/c1-4-14-9(11(12)13)5-10-15-7-16-17(10)6-8(2)3/h7-9,11,14H,4-6H2,1-3H3. The van der Waals surface area contributed by atoms with Gasteiger partial charge in [0.1, 0.15) is 12.2 Å². The molecule has 0 fully saturated rings. The van der Waals surface area contributed by atoms with Crippen molar-refractivity contribution in [1.29, 1.82) is 0 Å². The summed E-state index contributed by atoms with van der Waals surface area (Å²) < 4.78 is 27.2. The number of hydrogen-bond acceptors (Lipinski definition) is 3. The van der Waals surface area contributed by atoms with E-state index in [-0.39, 0.29) is 6.42 Å². The summed E-state index contributed by atoms with van der Waals surface area (Å²) in [7, 11) is 0. The second-order valence-corrected chi connectivity index (χ2v) is 4.45. The third-order valence-electron chi connectivity index (χ3n) is 2.41.